The number of hydrogen-bond acceptors (Lipinski definition) is 6. The number of hydrogen-bond donors (Lipinski definition) is 3. The maximum Gasteiger partial charge on any atom is 0.417 e. The number of amides is 1. The van der Waals surface area contributed by atoms with E-state index in [2.05, 4.69) is 16.7 Å². The number of carbonyl (C=O) groups is 2. The Morgan fingerprint density at radius 2 is 1.98 bits per heavy atom. The summed E-state index contributed by atoms with van der Waals surface area (Å²) in [5, 5.41) is 15.1. The molecule has 2 heterocycles. The third-order valence-electron chi connectivity index (χ3n) is 6.73. The number of aliphatic carboxylic acids is 1. The van der Waals surface area contributed by atoms with Crippen LogP contribution in [0.2, 0.25) is 0 Å². The van der Waals surface area contributed by atoms with Gasteiger partial charge in [-0.25, -0.2) is 14.2 Å². The summed E-state index contributed by atoms with van der Waals surface area (Å²) >= 11 is 0. The number of carboxylic acids is 1. The standard InChI is InChI=1S/C28H36F4N4O4/c1-2-40-17-16-36(14-4-3-7-21-10-8-19-6-5-13-33-25(19)34-21)15-12-24(27(38)39)35-26(37)22-11-9-20(29)18-23(22)28(30,31)32/h8-11,18,24H,2-7,12-17H2,1H3,(H,33,34)(H,35,37)(H,38,39)/t24-/m0/s1. The molecule has 1 aromatic heterocycles. The molecule has 1 aliphatic rings. The second kappa shape index (κ2) is 14.9. The summed E-state index contributed by atoms with van der Waals surface area (Å²) in [6.07, 6.45) is -0.425. The molecule has 3 N–H and O–H groups in total. The van der Waals surface area contributed by atoms with Crippen LogP contribution in [0.25, 0.3) is 0 Å². The monoisotopic (exact) mass is 568 g/mol. The first-order valence-corrected chi connectivity index (χ1v) is 13.5. The number of aryl methyl sites for hydroxylation is 2. The number of fused-ring (bicyclic) bond motifs is 1. The van der Waals surface area contributed by atoms with Gasteiger partial charge in [0.1, 0.15) is 17.7 Å². The van der Waals surface area contributed by atoms with Gasteiger partial charge in [-0.3, -0.25) is 4.79 Å². The number of nitrogens with zero attached hydrogens (tertiary/aromatic N) is 2. The molecule has 40 heavy (non-hydrogen) atoms. The number of unbranched alkanes of at least 4 members (excludes halogenated alkanes) is 1. The Balaban J connectivity index is 1.56. The van der Waals surface area contributed by atoms with Crippen molar-refractivity contribution in [2.75, 3.05) is 44.7 Å². The van der Waals surface area contributed by atoms with Gasteiger partial charge in [0.15, 0.2) is 0 Å². The highest BCUT2D eigenvalue weighted by atomic mass is 19.4. The van der Waals surface area contributed by atoms with Gasteiger partial charge in [-0.05, 0) is 81.8 Å². The fourth-order valence-electron chi connectivity index (χ4n) is 4.58. The van der Waals surface area contributed by atoms with E-state index in [4.69, 9.17) is 9.72 Å². The third kappa shape index (κ3) is 9.44. The molecule has 1 aliphatic heterocycles. The second-order valence-electron chi connectivity index (χ2n) is 9.68. The minimum absolute atomic E-state index is 0.0339. The summed E-state index contributed by atoms with van der Waals surface area (Å²) in [6.45, 7) is 5.20. The zero-order valence-electron chi connectivity index (χ0n) is 22.5. The van der Waals surface area contributed by atoms with Crippen molar-refractivity contribution >= 4 is 17.7 Å². The number of carboxylic acid groups (broad SMARTS) is 1. The second-order valence-corrected chi connectivity index (χ2v) is 9.68. The molecule has 220 valence electrons. The Morgan fingerprint density at radius 3 is 2.70 bits per heavy atom. The molecule has 1 aromatic carbocycles. The van der Waals surface area contributed by atoms with Gasteiger partial charge in [-0.2, -0.15) is 13.2 Å². The van der Waals surface area contributed by atoms with Crippen molar-refractivity contribution in [1.82, 2.24) is 15.2 Å². The summed E-state index contributed by atoms with van der Waals surface area (Å²) in [6, 6.07) is 4.38. The molecule has 0 saturated heterocycles. The molecule has 0 radical (unpaired) electrons. The molecule has 0 spiro atoms. The smallest absolute Gasteiger partial charge is 0.417 e. The lowest BCUT2D eigenvalue weighted by molar-refractivity contribution is -0.139. The van der Waals surface area contributed by atoms with Crippen LogP contribution in [0.3, 0.4) is 0 Å². The highest BCUT2D eigenvalue weighted by Crippen LogP contribution is 2.32. The Bertz CT molecular complexity index is 1150. The van der Waals surface area contributed by atoms with Crippen molar-refractivity contribution in [3.63, 3.8) is 0 Å². The number of ether oxygens (including phenoxy) is 1. The predicted octanol–water partition coefficient (Wildman–Crippen LogP) is 4.53. The Morgan fingerprint density at radius 1 is 1.18 bits per heavy atom. The Labute approximate surface area is 231 Å². The molecular formula is C28H36F4N4O4. The van der Waals surface area contributed by atoms with Crippen LogP contribution in [0.15, 0.2) is 30.3 Å². The van der Waals surface area contributed by atoms with E-state index in [1.54, 1.807) is 0 Å². The first-order valence-electron chi connectivity index (χ1n) is 13.5. The third-order valence-corrected chi connectivity index (χ3v) is 6.73. The maximum absolute atomic E-state index is 13.4. The lowest BCUT2D eigenvalue weighted by Gasteiger charge is -2.24. The van der Waals surface area contributed by atoms with Gasteiger partial charge < -0.3 is 25.4 Å². The first kappa shape index (κ1) is 31.3. The molecule has 12 heteroatoms. The van der Waals surface area contributed by atoms with Crippen molar-refractivity contribution in [2.24, 2.45) is 0 Å². The van der Waals surface area contributed by atoms with Gasteiger partial charge in [0.05, 0.1) is 17.7 Å². The molecule has 8 nitrogen and oxygen atoms in total. The molecule has 3 rings (SSSR count). The fourth-order valence-corrected chi connectivity index (χ4v) is 4.58. The van der Waals surface area contributed by atoms with E-state index in [1.165, 1.54) is 5.56 Å². The molecule has 0 fully saturated rings. The van der Waals surface area contributed by atoms with Crippen LogP contribution in [-0.4, -0.2) is 72.3 Å². The average molecular weight is 569 g/mol. The van der Waals surface area contributed by atoms with E-state index in [9.17, 15) is 32.3 Å². The van der Waals surface area contributed by atoms with Crippen molar-refractivity contribution in [3.05, 3.63) is 58.5 Å². The number of halogens is 4. The summed E-state index contributed by atoms with van der Waals surface area (Å²) in [5.74, 6) is -2.80. The number of anilines is 1. The van der Waals surface area contributed by atoms with E-state index in [-0.39, 0.29) is 19.0 Å². The van der Waals surface area contributed by atoms with Crippen LogP contribution in [0, 0.1) is 5.82 Å². The van der Waals surface area contributed by atoms with Crippen LogP contribution in [0.1, 0.15) is 59.8 Å². The van der Waals surface area contributed by atoms with Gasteiger partial charge in [-0.15, -0.1) is 0 Å². The fraction of sp³-hybridized carbons (Fsp3) is 0.536. The van der Waals surface area contributed by atoms with Crippen LogP contribution >= 0.6 is 0 Å². The van der Waals surface area contributed by atoms with Crippen molar-refractivity contribution in [1.29, 1.82) is 0 Å². The largest absolute Gasteiger partial charge is 0.480 e. The SMILES string of the molecule is CCOCCN(CCCCc1ccc2c(n1)NCCC2)CC[C@H](NC(=O)c1ccc(F)cc1C(F)(F)F)C(=O)O. The van der Waals surface area contributed by atoms with E-state index < -0.39 is 41.0 Å². The number of nitrogens with one attached hydrogen (secondary N) is 2. The van der Waals surface area contributed by atoms with E-state index in [0.717, 1.165) is 56.2 Å². The number of aromatic nitrogens is 1. The molecule has 0 bridgehead atoms. The highest BCUT2D eigenvalue weighted by Gasteiger charge is 2.36. The number of benzene rings is 1. The Kier molecular flexibility index (Phi) is 11.7. The van der Waals surface area contributed by atoms with Crippen LogP contribution in [0.4, 0.5) is 23.4 Å². The average Bonchev–Trinajstić information content (AvgIpc) is 2.92. The minimum atomic E-state index is -4.98. The normalized spacial score (nSPS) is 13.9. The van der Waals surface area contributed by atoms with Gasteiger partial charge in [0.25, 0.3) is 5.91 Å². The van der Waals surface area contributed by atoms with Gasteiger partial charge in [-0.1, -0.05) is 6.07 Å². The van der Waals surface area contributed by atoms with Crippen LogP contribution in [-0.2, 0) is 28.5 Å². The van der Waals surface area contributed by atoms with E-state index in [0.29, 0.717) is 32.4 Å². The number of alkyl halides is 3. The zero-order chi connectivity index (χ0) is 29.1. The lowest BCUT2D eigenvalue weighted by atomic mass is 10.0. The molecule has 1 amide bonds. The molecule has 0 aliphatic carbocycles. The molecule has 1 atom stereocenters. The topological polar surface area (TPSA) is 104 Å². The van der Waals surface area contributed by atoms with E-state index >= 15 is 0 Å². The quantitative estimate of drug-likeness (QED) is 0.214. The van der Waals surface area contributed by atoms with Gasteiger partial charge in [0.2, 0.25) is 0 Å². The van der Waals surface area contributed by atoms with Crippen LogP contribution in [0.5, 0.6) is 0 Å². The molecule has 0 unspecified atom stereocenters. The summed E-state index contributed by atoms with van der Waals surface area (Å²) in [4.78, 5) is 31.1. The highest BCUT2D eigenvalue weighted by molar-refractivity contribution is 5.98. The summed E-state index contributed by atoms with van der Waals surface area (Å²) in [7, 11) is 0. The molecular weight excluding hydrogens is 532 g/mol. The summed E-state index contributed by atoms with van der Waals surface area (Å²) in [5.41, 5.74) is -0.0658. The molecule has 2 aromatic rings. The first-order chi connectivity index (χ1) is 19.1. The van der Waals surface area contributed by atoms with Gasteiger partial charge in [0, 0.05) is 31.9 Å². The maximum atomic E-state index is 13.4. The zero-order valence-corrected chi connectivity index (χ0v) is 22.5. The Hall–Kier alpha value is -3.25. The predicted molar refractivity (Wildman–Crippen MR) is 142 cm³/mol. The number of carbonyl (C=O) groups excluding carboxylic acids is 1. The molecule has 0 saturated carbocycles. The van der Waals surface area contributed by atoms with Crippen LogP contribution < -0.4 is 10.6 Å². The minimum Gasteiger partial charge on any atom is -0.480 e. The number of pyridine rings is 1. The van der Waals surface area contributed by atoms with Crippen molar-refractivity contribution < 1.29 is 37.0 Å². The lowest BCUT2D eigenvalue weighted by Crippen LogP contribution is -2.44. The summed E-state index contributed by atoms with van der Waals surface area (Å²) < 4.78 is 58.8. The van der Waals surface area contributed by atoms with E-state index in [1.807, 2.05) is 17.9 Å². The van der Waals surface area contributed by atoms with Crippen molar-refractivity contribution in [2.45, 2.75) is 57.7 Å². The number of rotatable bonds is 15. The van der Waals surface area contributed by atoms with Crippen molar-refractivity contribution in [3.8, 4) is 0 Å². The van der Waals surface area contributed by atoms with Gasteiger partial charge >= 0.3 is 12.1 Å².